The van der Waals surface area contributed by atoms with Crippen molar-refractivity contribution in [2.75, 3.05) is 25.0 Å². The van der Waals surface area contributed by atoms with Crippen LogP contribution in [0.4, 0.5) is 10.5 Å². The van der Waals surface area contributed by atoms with Crippen molar-refractivity contribution in [3.8, 4) is 0 Å². The minimum Gasteiger partial charge on any atom is -0.375 e. The molecule has 0 atom stereocenters. The van der Waals surface area contributed by atoms with E-state index in [0.717, 1.165) is 51.1 Å². The highest BCUT2D eigenvalue weighted by atomic mass is 16.5. The average Bonchev–Trinajstić information content (AvgIpc) is 2.89. The third kappa shape index (κ3) is 2.71. The molecule has 5 heteroatoms. The topological polar surface area (TPSA) is 54.5 Å². The van der Waals surface area contributed by atoms with Crippen molar-refractivity contribution in [3.05, 3.63) is 24.5 Å². The summed E-state index contributed by atoms with van der Waals surface area (Å²) in [5.41, 5.74) is 0.801. The van der Waals surface area contributed by atoms with Crippen LogP contribution < -0.4 is 5.32 Å². The third-order valence-electron chi connectivity index (χ3n) is 4.06. The molecule has 2 aliphatic heterocycles. The molecule has 1 N–H and O–H groups in total. The van der Waals surface area contributed by atoms with Gasteiger partial charge in [0, 0.05) is 25.9 Å². The minimum absolute atomic E-state index is 0.0409. The molecule has 0 unspecified atom stereocenters. The molecule has 5 nitrogen and oxygen atoms in total. The smallest absolute Gasteiger partial charge is 0.321 e. The summed E-state index contributed by atoms with van der Waals surface area (Å²) < 4.78 is 5.86. The van der Waals surface area contributed by atoms with Gasteiger partial charge >= 0.3 is 6.03 Å². The number of urea groups is 1. The number of carbonyl (C=O) groups excluding carboxylic acids is 1. The van der Waals surface area contributed by atoms with Gasteiger partial charge in [0.25, 0.3) is 0 Å². The molecule has 3 rings (SSSR count). The number of pyridine rings is 1. The first-order valence-corrected chi connectivity index (χ1v) is 6.87. The fraction of sp³-hybridized carbons (Fsp3) is 0.571. The number of aromatic nitrogens is 1. The molecular weight excluding hydrogens is 242 g/mol. The van der Waals surface area contributed by atoms with E-state index in [1.54, 1.807) is 12.4 Å². The maximum absolute atomic E-state index is 12.1. The number of amides is 2. The maximum atomic E-state index is 12.1. The number of ether oxygens (including phenoxy) is 1. The summed E-state index contributed by atoms with van der Waals surface area (Å²) in [4.78, 5) is 18.0. The summed E-state index contributed by atoms with van der Waals surface area (Å²) >= 11 is 0. The first kappa shape index (κ1) is 12.4. The van der Waals surface area contributed by atoms with Crippen molar-refractivity contribution in [2.45, 2.75) is 31.3 Å². The van der Waals surface area contributed by atoms with Gasteiger partial charge in [-0.3, -0.25) is 4.98 Å². The van der Waals surface area contributed by atoms with Gasteiger partial charge in [0.1, 0.15) is 0 Å². The Kier molecular flexibility index (Phi) is 3.38. The zero-order valence-corrected chi connectivity index (χ0v) is 11.0. The zero-order valence-electron chi connectivity index (χ0n) is 11.0. The molecule has 2 fully saturated rings. The molecule has 19 heavy (non-hydrogen) atoms. The van der Waals surface area contributed by atoms with Crippen LogP contribution in [-0.4, -0.2) is 41.2 Å². The van der Waals surface area contributed by atoms with Crippen LogP contribution in [-0.2, 0) is 4.74 Å². The summed E-state index contributed by atoms with van der Waals surface area (Å²) in [6, 6.07) is 3.62. The number of likely N-dealkylation sites (tertiary alicyclic amines) is 1. The second-order valence-electron chi connectivity index (χ2n) is 5.29. The maximum Gasteiger partial charge on any atom is 0.321 e. The number of nitrogens with one attached hydrogen (secondary N) is 1. The van der Waals surface area contributed by atoms with Gasteiger partial charge < -0.3 is 15.0 Å². The van der Waals surface area contributed by atoms with E-state index >= 15 is 0 Å². The van der Waals surface area contributed by atoms with E-state index in [1.165, 1.54) is 0 Å². The lowest BCUT2D eigenvalue weighted by molar-refractivity contribution is -0.0353. The summed E-state index contributed by atoms with van der Waals surface area (Å²) in [5, 5.41) is 2.87. The Morgan fingerprint density at radius 2 is 2.21 bits per heavy atom. The number of hydrogen-bond donors (Lipinski definition) is 1. The Labute approximate surface area is 113 Å². The highest BCUT2D eigenvalue weighted by Gasteiger charge is 2.39. The van der Waals surface area contributed by atoms with E-state index in [-0.39, 0.29) is 11.6 Å². The number of rotatable bonds is 1. The highest BCUT2D eigenvalue weighted by molar-refractivity contribution is 5.89. The van der Waals surface area contributed by atoms with Crippen LogP contribution >= 0.6 is 0 Å². The molecule has 0 bridgehead atoms. The van der Waals surface area contributed by atoms with E-state index in [0.29, 0.717) is 0 Å². The first-order valence-electron chi connectivity index (χ1n) is 6.87. The molecule has 0 radical (unpaired) electrons. The fourth-order valence-electron chi connectivity index (χ4n) is 2.91. The summed E-state index contributed by atoms with van der Waals surface area (Å²) in [7, 11) is 0. The van der Waals surface area contributed by atoms with Crippen molar-refractivity contribution in [1.29, 1.82) is 0 Å². The average molecular weight is 261 g/mol. The molecule has 0 aromatic carbocycles. The lowest BCUT2D eigenvalue weighted by Crippen LogP contribution is -2.47. The molecule has 102 valence electrons. The quantitative estimate of drug-likeness (QED) is 0.843. The van der Waals surface area contributed by atoms with Crippen molar-refractivity contribution in [3.63, 3.8) is 0 Å². The van der Waals surface area contributed by atoms with Crippen LogP contribution in [0.25, 0.3) is 0 Å². The van der Waals surface area contributed by atoms with Gasteiger partial charge in [-0.2, -0.15) is 0 Å². The normalized spacial score (nSPS) is 21.6. The zero-order chi connectivity index (χ0) is 13.1. The number of hydrogen-bond acceptors (Lipinski definition) is 3. The van der Waals surface area contributed by atoms with E-state index in [4.69, 9.17) is 4.74 Å². The summed E-state index contributed by atoms with van der Waals surface area (Å²) in [6.07, 6.45) is 7.55. The Hall–Kier alpha value is -1.62. The molecule has 0 aliphatic carbocycles. The Morgan fingerprint density at radius 3 is 2.84 bits per heavy atom. The minimum atomic E-state index is -0.0409. The second kappa shape index (κ2) is 5.17. The van der Waals surface area contributed by atoms with Gasteiger partial charge in [0.2, 0.25) is 0 Å². The predicted octanol–water partition coefficient (Wildman–Crippen LogP) is 2.26. The van der Waals surface area contributed by atoms with E-state index in [1.807, 2.05) is 17.0 Å². The predicted molar refractivity (Wildman–Crippen MR) is 72.0 cm³/mol. The molecule has 2 saturated heterocycles. The van der Waals surface area contributed by atoms with Gasteiger partial charge in [-0.15, -0.1) is 0 Å². The van der Waals surface area contributed by atoms with Crippen molar-refractivity contribution in [2.24, 2.45) is 0 Å². The van der Waals surface area contributed by atoms with Crippen LogP contribution in [0.3, 0.4) is 0 Å². The first-order chi connectivity index (χ1) is 9.27. The van der Waals surface area contributed by atoms with Gasteiger partial charge in [-0.1, -0.05) is 0 Å². The Bertz CT molecular complexity index is 433. The van der Waals surface area contributed by atoms with Gasteiger partial charge in [0.15, 0.2) is 0 Å². The number of piperidine rings is 1. The van der Waals surface area contributed by atoms with Crippen molar-refractivity contribution in [1.82, 2.24) is 9.88 Å². The molecule has 1 aromatic rings. The highest BCUT2D eigenvalue weighted by Crippen LogP contribution is 2.35. The molecule has 1 aromatic heterocycles. The lowest BCUT2D eigenvalue weighted by atomic mass is 9.89. The van der Waals surface area contributed by atoms with Crippen LogP contribution in [0.5, 0.6) is 0 Å². The Balaban J connectivity index is 1.55. The van der Waals surface area contributed by atoms with Gasteiger partial charge in [-0.25, -0.2) is 4.79 Å². The lowest BCUT2D eigenvalue weighted by Gasteiger charge is -2.38. The number of anilines is 1. The summed E-state index contributed by atoms with van der Waals surface area (Å²) in [6.45, 7) is 2.42. The molecular formula is C14H19N3O2. The largest absolute Gasteiger partial charge is 0.375 e. The number of carbonyl (C=O) groups is 1. The van der Waals surface area contributed by atoms with Gasteiger partial charge in [-0.05, 0) is 37.8 Å². The van der Waals surface area contributed by atoms with Crippen LogP contribution in [0, 0.1) is 0 Å². The van der Waals surface area contributed by atoms with E-state index in [9.17, 15) is 4.79 Å². The standard InChI is InChI=1S/C14H19N3O2/c18-13(16-12-3-1-7-15-11-12)17-8-5-14(6-9-17)4-2-10-19-14/h1,3,7,11H,2,4-6,8-10H2,(H,16,18). The fourth-order valence-corrected chi connectivity index (χ4v) is 2.91. The monoisotopic (exact) mass is 261 g/mol. The van der Waals surface area contributed by atoms with Gasteiger partial charge in [0.05, 0.1) is 17.5 Å². The van der Waals surface area contributed by atoms with Crippen LogP contribution in [0.2, 0.25) is 0 Å². The second-order valence-corrected chi connectivity index (χ2v) is 5.29. The summed E-state index contributed by atoms with van der Waals surface area (Å²) in [5.74, 6) is 0. The molecule has 3 heterocycles. The molecule has 0 saturated carbocycles. The third-order valence-corrected chi connectivity index (χ3v) is 4.06. The van der Waals surface area contributed by atoms with Crippen LogP contribution in [0.1, 0.15) is 25.7 Å². The molecule has 2 aliphatic rings. The van der Waals surface area contributed by atoms with Crippen LogP contribution in [0.15, 0.2) is 24.5 Å². The van der Waals surface area contributed by atoms with Crippen molar-refractivity contribution >= 4 is 11.7 Å². The number of nitrogens with zero attached hydrogens (tertiary/aromatic N) is 2. The SMILES string of the molecule is O=C(Nc1cccnc1)N1CCC2(CCCO2)CC1. The molecule has 1 spiro atoms. The molecule has 2 amide bonds. The van der Waals surface area contributed by atoms with E-state index < -0.39 is 0 Å². The Morgan fingerprint density at radius 1 is 1.37 bits per heavy atom. The van der Waals surface area contributed by atoms with Crippen molar-refractivity contribution < 1.29 is 9.53 Å². The van der Waals surface area contributed by atoms with E-state index in [2.05, 4.69) is 10.3 Å².